The zero-order chi connectivity index (χ0) is 23.8. The van der Waals surface area contributed by atoms with Crippen molar-refractivity contribution in [2.24, 2.45) is 0 Å². The SMILES string of the molecule is O=C(Nc1ccc2c(c1)oc1ccccc12)c1ccc([C@@H]2SCC(=O)N2Cc2ccccc2)cc1. The second-order valence-electron chi connectivity index (χ2n) is 8.56. The van der Waals surface area contributed by atoms with Crippen molar-refractivity contribution in [3.63, 3.8) is 0 Å². The van der Waals surface area contributed by atoms with E-state index in [1.807, 2.05) is 102 Å². The van der Waals surface area contributed by atoms with Crippen molar-refractivity contribution >= 4 is 51.2 Å². The largest absolute Gasteiger partial charge is 0.456 e. The van der Waals surface area contributed by atoms with Gasteiger partial charge in [-0.05, 0) is 41.5 Å². The van der Waals surface area contributed by atoms with Crippen LogP contribution in [0.3, 0.4) is 0 Å². The van der Waals surface area contributed by atoms with Gasteiger partial charge in [-0.1, -0.05) is 60.7 Å². The van der Waals surface area contributed by atoms with Gasteiger partial charge < -0.3 is 14.6 Å². The van der Waals surface area contributed by atoms with E-state index in [-0.39, 0.29) is 17.2 Å². The van der Waals surface area contributed by atoms with E-state index >= 15 is 0 Å². The van der Waals surface area contributed by atoms with Crippen LogP contribution >= 0.6 is 11.8 Å². The number of nitrogens with zero attached hydrogens (tertiary/aromatic N) is 1. The Morgan fingerprint density at radius 2 is 1.63 bits per heavy atom. The highest BCUT2D eigenvalue weighted by Crippen LogP contribution is 2.39. The summed E-state index contributed by atoms with van der Waals surface area (Å²) in [6, 6.07) is 31.1. The zero-order valence-corrected chi connectivity index (χ0v) is 19.6. The third-order valence-corrected chi connectivity index (χ3v) is 7.51. The average Bonchev–Trinajstić information content (AvgIpc) is 3.44. The van der Waals surface area contributed by atoms with Crippen LogP contribution in [0.1, 0.15) is 26.9 Å². The second kappa shape index (κ2) is 8.96. The number of amides is 2. The van der Waals surface area contributed by atoms with Gasteiger partial charge in [-0.25, -0.2) is 0 Å². The van der Waals surface area contributed by atoms with Crippen LogP contribution in [0.2, 0.25) is 0 Å². The topological polar surface area (TPSA) is 62.6 Å². The fraction of sp³-hybridized carbons (Fsp3) is 0.103. The van der Waals surface area contributed by atoms with Gasteiger partial charge in [0.15, 0.2) is 0 Å². The Morgan fingerprint density at radius 3 is 2.46 bits per heavy atom. The summed E-state index contributed by atoms with van der Waals surface area (Å²) >= 11 is 1.62. The van der Waals surface area contributed by atoms with E-state index in [2.05, 4.69) is 5.32 Å². The van der Waals surface area contributed by atoms with Gasteiger partial charge in [0.1, 0.15) is 16.5 Å². The molecule has 1 fully saturated rings. The summed E-state index contributed by atoms with van der Waals surface area (Å²) in [6.07, 6.45) is 0. The number of rotatable bonds is 5. The van der Waals surface area contributed by atoms with Gasteiger partial charge >= 0.3 is 0 Å². The number of carbonyl (C=O) groups excluding carboxylic acids is 2. The van der Waals surface area contributed by atoms with Crippen LogP contribution in [0.25, 0.3) is 21.9 Å². The van der Waals surface area contributed by atoms with Crippen LogP contribution in [-0.2, 0) is 11.3 Å². The van der Waals surface area contributed by atoms with E-state index in [1.165, 1.54) is 0 Å². The van der Waals surface area contributed by atoms with Crippen molar-refractivity contribution in [1.29, 1.82) is 0 Å². The molecule has 4 aromatic carbocycles. The molecular weight excluding hydrogens is 456 g/mol. The molecule has 0 saturated carbocycles. The van der Waals surface area contributed by atoms with Crippen LogP contribution in [0, 0.1) is 0 Å². The molecule has 0 unspecified atom stereocenters. The lowest BCUT2D eigenvalue weighted by Gasteiger charge is -2.24. The molecule has 1 aromatic heterocycles. The summed E-state index contributed by atoms with van der Waals surface area (Å²) in [5, 5.41) is 4.98. The molecule has 0 bridgehead atoms. The number of nitrogens with one attached hydrogen (secondary N) is 1. The first-order valence-electron chi connectivity index (χ1n) is 11.4. The lowest BCUT2D eigenvalue weighted by Crippen LogP contribution is -2.27. The van der Waals surface area contributed by atoms with Gasteiger partial charge in [0.25, 0.3) is 5.91 Å². The van der Waals surface area contributed by atoms with Gasteiger partial charge in [-0.3, -0.25) is 9.59 Å². The first-order chi connectivity index (χ1) is 17.2. The van der Waals surface area contributed by atoms with Crippen molar-refractivity contribution in [3.8, 4) is 0 Å². The smallest absolute Gasteiger partial charge is 0.255 e. The third kappa shape index (κ3) is 4.17. The maximum absolute atomic E-state index is 12.9. The van der Waals surface area contributed by atoms with Crippen molar-refractivity contribution < 1.29 is 14.0 Å². The molecule has 5 aromatic rings. The maximum atomic E-state index is 12.9. The quantitative estimate of drug-likeness (QED) is 0.309. The Labute approximate surface area is 206 Å². The molecule has 1 aliphatic heterocycles. The van der Waals surface area contributed by atoms with E-state index in [0.717, 1.165) is 33.1 Å². The molecule has 1 N–H and O–H groups in total. The first kappa shape index (κ1) is 21.5. The molecule has 0 spiro atoms. The predicted molar refractivity (Wildman–Crippen MR) is 140 cm³/mol. The van der Waals surface area contributed by atoms with Crippen molar-refractivity contribution in [1.82, 2.24) is 4.90 Å². The Hall–Kier alpha value is -4.03. The number of furan rings is 1. The zero-order valence-electron chi connectivity index (χ0n) is 18.8. The van der Waals surface area contributed by atoms with Gasteiger partial charge in [0, 0.05) is 34.6 Å². The molecule has 1 aliphatic rings. The minimum Gasteiger partial charge on any atom is -0.456 e. The molecule has 0 aliphatic carbocycles. The molecule has 5 nitrogen and oxygen atoms in total. The number of thioether (sulfide) groups is 1. The van der Waals surface area contributed by atoms with Gasteiger partial charge in [0.2, 0.25) is 5.91 Å². The lowest BCUT2D eigenvalue weighted by molar-refractivity contribution is -0.128. The van der Waals surface area contributed by atoms with Crippen LogP contribution in [0.4, 0.5) is 5.69 Å². The van der Waals surface area contributed by atoms with E-state index < -0.39 is 0 Å². The van der Waals surface area contributed by atoms with Crippen molar-refractivity contribution in [2.75, 3.05) is 11.1 Å². The molecule has 2 amide bonds. The predicted octanol–water partition coefficient (Wildman–Crippen LogP) is 6.61. The number of carbonyl (C=O) groups is 2. The minimum atomic E-state index is -0.191. The molecule has 6 rings (SSSR count). The van der Waals surface area contributed by atoms with Gasteiger partial charge in [-0.15, -0.1) is 11.8 Å². The number of anilines is 1. The molecule has 35 heavy (non-hydrogen) atoms. The monoisotopic (exact) mass is 478 g/mol. The van der Waals surface area contributed by atoms with Crippen LogP contribution < -0.4 is 5.32 Å². The summed E-state index contributed by atoms with van der Waals surface area (Å²) in [6.45, 7) is 0.573. The summed E-state index contributed by atoms with van der Waals surface area (Å²) in [4.78, 5) is 27.3. The summed E-state index contributed by atoms with van der Waals surface area (Å²) in [7, 11) is 0. The summed E-state index contributed by atoms with van der Waals surface area (Å²) < 4.78 is 5.93. The van der Waals surface area contributed by atoms with E-state index in [9.17, 15) is 9.59 Å². The fourth-order valence-corrected chi connectivity index (χ4v) is 5.68. The molecule has 2 heterocycles. The fourth-order valence-electron chi connectivity index (χ4n) is 4.49. The number of para-hydroxylation sites is 1. The standard InChI is InChI=1S/C29H22N2O3S/c32-27-18-35-29(31(27)17-19-6-2-1-3-7-19)21-12-10-20(11-13-21)28(33)30-22-14-15-24-23-8-4-5-9-25(23)34-26(24)16-22/h1-16,29H,17-18H2,(H,30,33)/t29-/m0/s1. The van der Waals surface area contributed by atoms with E-state index in [1.54, 1.807) is 11.8 Å². The molecule has 172 valence electrons. The summed E-state index contributed by atoms with van der Waals surface area (Å²) in [5.74, 6) is 0.402. The Bertz CT molecular complexity index is 1540. The minimum absolute atomic E-state index is 0.0599. The van der Waals surface area contributed by atoms with Crippen molar-refractivity contribution in [3.05, 3.63) is 114 Å². The van der Waals surface area contributed by atoms with Gasteiger partial charge in [-0.2, -0.15) is 0 Å². The molecule has 0 radical (unpaired) electrons. The average molecular weight is 479 g/mol. The number of benzene rings is 4. The van der Waals surface area contributed by atoms with Gasteiger partial charge in [0.05, 0.1) is 5.75 Å². The van der Waals surface area contributed by atoms with Crippen LogP contribution in [0.15, 0.2) is 101 Å². The Kier molecular flexibility index (Phi) is 5.51. The number of hydrogen-bond acceptors (Lipinski definition) is 4. The molecule has 6 heteroatoms. The first-order valence-corrected chi connectivity index (χ1v) is 12.5. The van der Waals surface area contributed by atoms with Crippen LogP contribution in [-0.4, -0.2) is 22.5 Å². The highest BCUT2D eigenvalue weighted by Gasteiger charge is 2.32. The highest BCUT2D eigenvalue weighted by molar-refractivity contribution is 8.00. The summed E-state index contributed by atoms with van der Waals surface area (Å²) in [5.41, 5.74) is 4.91. The lowest BCUT2D eigenvalue weighted by atomic mass is 10.1. The number of fused-ring (bicyclic) bond motifs is 3. The number of hydrogen-bond donors (Lipinski definition) is 1. The van der Waals surface area contributed by atoms with Crippen molar-refractivity contribution in [2.45, 2.75) is 11.9 Å². The molecule has 1 saturated heterocycles. The van der Waals surface area contributed by atoms with Crippen LogP contribution in [0.5, 0.6) is 0 Å². The van der Waals surface area contributed by atoms with E-state index in [4.69, 9.17) is 4.42 Å². The third-order valence-electron chi connectivity index (χ3n) is 6.26. The Morgan fingerprint density at radius 1 is 0.886 bits per heavy atom. The highest BCUT2D eigenvalue weighted by atomic mass is 32.2. The maximum Gasteiger partial charge on any atom is 0.255 e. The molecule has 1 atom stereocenters. The normalized spacial score (nSPS) is 15.7. The van der Waals surface area contributed by atoms with E-state index in [0.29, 0.717) is 23.5 Å². The second-order valence-corrected chi connectivity index (χ2v) is 9.62. The molecular formula is C29H22N2O3S. The Balaban J connectivity index is 1.18.